The summed E-state index contributed by atoms with van der Waals surface area (Å²) in [6.07, 6.45) is 0. The third-order valence-corrected chi connectivity index (χ3v) is 7.20. The van der Waals surface area contributed by atoms with E-state index in [9.17, 15) is 14.7 Å². The Hall–Kier alpha value is -4.32. The lowest BCUT2D eigenvalue weighted by Gasteiger charge is -2.37. The van der Waals surface area contributed by atoms with Crippen molar-refractivity contribution in [1.29, 1.82) is 5.41 Å². The van der Waals surface area contributed by atoms with Crippen LogP contribution < -0.4 is 25.8 Å². The van der Waals surface area contributed by atoms with Gasteiger partial charge in [-0.05, 0) is 62.6 Å². The second-order valence-electron chi connectivity index (χ2n) is 10.1. The highest BCUT2D eigenvalue weighted by molar-refractivity contribution is 6.31. The van der Waals surface area contributed by atoms with Crippen LogP contribution in [0.4, 0.5) is 11.4 Å². The fraction of sp³-hybridized carbons (Fsp3) is 0.300. The van der Waals surface area contributed by atoms with Crippen LogP contribution in [0, 0.1) is 5.41 Å². The van der Waals surface area contributed by atoms with Gasteiger partial charge in [-0.3, -0.25) is 15.1 Å². The molecule has 12 heteroatoms. The molecule has 3 aromatic rings. The summed E-state index contributed by atoms with van der Waals surface area (Å²) in [5, 5.41) is 23.3. The van der Waals surface area contributed by atoms with E-state index in [0.717, 1.165) is 19.6 Å². The zero-order valence-electron chi connectivity index (χ0n) is 23.5. The molecule has 6 N–H and O–H groups in total. The van der Waals surface area contributed by atoms with Gasteiger partial charge < -0.3 is 35.8 Å². The summed E-state index contributed by atoms with van der Waals surface area (Å²) in [6, 6.07) is 17.1. The van der Waals surface area contributed by atoms with Gasteiger partial charge in [0.1, 0.15) is 12.4 Å². The molecule has 1 atom stereocenters. The number of halogens is 1. The SMILES string of the molecule is CN1CCN(C)C(COc2cccc(CNc3ccc(Cl)cc3C(=O)Nc3ccc(C(=N)N)cc3)c2OCC(=O)O)C1. The Bertz CT molecular complexity index is 1430. The number of amidine groups is 1. The average Bonchev–Trinajstić information content (AvgIpc) is 2.96. The van der Waals surface area contributed by atoms with Gasteiger partial charge in [0.25, 0.3) is 5.91 Å². The van der Waals surface area contributed by atoms with Crippen LogP contribution in [0.25, 0.3) is 0 Å². The number of carbonyl (C=O) groups is 2. The number of rotatable bonds is 12. The van der Waals surface area contributed by atoms with Crippen molar-refractivity contribution in [2.24, 2.45) is 5.73 Å². The summed E-state index contributed by atoms with van der Waals surface area (Å²) in [4.78, 5) is 29.0. The molecule has 0 bridgehead atoms. The van der Waals surface area contributed by atoms with Crippen molar-refractivity contribution in [2.75, 3.05) is 57.6 Å². The van der Waals surface area contributed by atoms with E-state index in [4.69, 9.17) is 32.2 Å². The molecule has 0 aromatic heterocycles. The number of nitrogens with one attached hydrogen (secondary N) is 3. The van der Waals surface area contributed by atoms with Crippen LogP contribution in [0.3, 0.4) is 0 Å². The Balaban J connectivity index is 1.52. The summed E-state index contributed by atoms with van der Waals surface area (Å²) in [6.45, 7) is 2.86. The van der Waals surface area contributed by atoms with E-state index in [1.807, 2.05) is 12.1 Å². The fourth-order valence-electron chi connectivity index (χ4n) is 4.56. The standard InChI is InChI=1S/C30H35ClN6O5/c1-36-12-13-37(2)23(16-36)17-41-26-5-3-4-20(28(26)42-18-27(38)39)15-34-25-11-8-21(31)14-24(25)30(40)35-22-9-6-19(7-10-22)29(32)33/h3-11,14,23,34H,12-13,15-18H2,1-2H3,(H3,32,33)(H,35,40)(H,38,39). The molecule has 42 heavy (non-hydrogen) atoms. The van der Waals surface area contributed by atoms with Gasteiger partial charge in [0.15, 0.2) is 18.1 Å². The van der Waals surface area contributed by atoms with E-state index in [-0.39, 0.29) is 18.4 Å². The molecule has 0 radical (unpaired) electrons. The minimum atomic E-state index is -1.11. The summed E-state index contributed by atoms with van der Waals surface area (Å²) < 4.78 is 11.9. The molecule has 222 valence electrons. The maximum Gasteiger partial charge on any atom is 0.341 e. The lowest BCUT2D eigenvalue weighted by molar-refractivity contribution is -0.139. The van der Waals surface area contributed by atoms with Crippen molar-refractivity contribution >= 4 is 40.7 Å². The number of aliphatic carboxylic acids is 1. The molecule has 4 rings (SSSR count). The highest BCUT2D eigenvalue weighted by atomic mass is 35.5. The topological polar surface area (TPSA) is 153 Å². The summed E-state index contributed by atoms with van der Waals surface area (Å²) in [7, 11) is 4.13. The number of likely N-dealkylation sites (N-methyl/N-ethyl adjacent to an activating group) is 2. The number of carboxylic acid groups (broad SMARTS) is 1. The molecular weight excluding hydrogens is 560 g/mol. The highest BCUT2D eigenvalue weighted by Gasteiger charge is 2.24. The number of amides is 1. The van der Waals surface area contributed by atoms with Gasteiger partial charge in [0.05, 0.1) is 11.6 Å². The van der Waals surface area contributed by atoms with Crippen molar-refractivity contribution in [3.8, 4) is 11.5 Å². The lowest BCUT2D eigenvalue weighted by atomic mass is 10.1. The number of anilines is 2. The number of nitrogen functional groups attached to an aromatic ring is 1. The van der Waals surface area contributed by atoms with E-state index >= 15 is 0 Å². The summed E-state index contributed by atoms with van der Waals surface area (Å²) >= 11 is 6.23. The smallest absolute Gasteiger partial charge is 0.341 e. The van der Waals surface area contributed by atoms with Crippen LogP contribution in [0.5, 0.6) is 11.5 Å². The molecule has 1 aliphatic rings. The number of carboxylic acids is 1. The highest BCUT2D eigenvalue weighted by Crippen LogP contribution is 2.33. The van der Waals surface area contributed by atoms with E-state index in [0.29, 0.717) is 51.2 Å². The van der Waals surface area contributed by atoms with Gasteiger partial charge in [-0.1, -0.05) is 23.7 Å². The zero-order valence-corrected chi connectivity index (χ0v) is 24.3. The van der Waals surface area contributed by atoms with Gasteiger partial charge in [-0.15, -0.1) is 0 Å². The van der Waals surface area contributed by atoms with Gasteiger partial charge in [0, 0.05) is 53.7 Å². The molecule has 0 saturated carbocycles. The van der Waals surface area contributed by atoms with Crippen molar-refractivity contribution < 1.29 is 24.2 Å². The van der Waals surface area contributed by atoms with Crippen LogP contribution in [0.1, 0.15) is 21.5 Å². The molecular formula is C30H35ClN6O5. The Kier molecular flexibility index (Phi) is 10.2. The van der Waals surface area contributed by atoms with Crippen LogP contribution in [0.15, 0.2) is 60.7 Å². The van der Waals surface area contributed by atoms with Crippen molar-refractivity contribution in [3.05, 3.63) is 82.4 Å². The lowest BCUT2D eigenvalue weighted by Crippen LogP contribution is -2.52. The molecule has 3 aromatic carbocycles. The van der Waals surface area contributed by atoms with Crippen molar-refractivity contribution in [1.82, 2.24) is 9.80 Å². The molecule has 0 spiro atoms. The van der Waals surface area contributed by atoms with Crippen molar-refractivity contribution in [2.45, 2.75) is 12.6 Å². The zero-order chi connectivity index (χ0) is 30.2. The number of nitrogens with two attached hydrogens (primary N) is 1. The molecule has 1 unspecified atom stereocenters. The summed E-state index contributed by atoms with van der Waals surface area (Å²) in [5.74, 6) is -0.795. The first-order valence-corrected chi connectivity index (χ1v) is 13.8. The first kappa shape index (κ1) is 30.6. The Morgan fingerprint density at radius 1 is 1.10 bits per heavy atom. The third-order valence-electron chi connectivity index (χ3n) is 6.96. The van der Waals surface area contributed by atoms with E-state index in [1.165, 1.54) is 0 Å². The predicted molar refractivity (Wildman–Crippen MR) is 163 cm³/mol. The Morgan fingerprint density at radius 2 is 1.86 bits per heavy atom. The number of hydrogen-bond acceptors (Lipinski definition) is 8. The van der Waals surface area contributed by atoms with Gasteiger partial charge in [-0.2, -0.15) is 0 Å². The number of carbonyl (C=O) groups excluding carboxylic acids is 1. The van der Waals surface area contributed by atoms with E-state index in [1.54, 1.807) is 48.5 Å². The van der Waals surface area contributed by atoms with Gasteiger partial charge in [0.2, 0.25) is 0 Å². The largest absolute Gasteiger partial charge is 0.488 e. The molecule has 11 nitrogen and oxygen atoms in total. The number of piperazine rings is 1. The molecule has 1 aliphatic heterocycles. The Labute approximate surface area is 249 Å². The fourth-order valence-corrected chi connectivity index (χ4v) is 4.73. The maximum atomic E-state index is 13.2. The first-order chi connectivity index (χ1) is 20.1. The van der Waals surface area contributed by atoms with E-state index in [2.05, 4.69) is 34.5 Å². The average molecular weight is 595 g/mol. The van der Waals surface area contributed by atoms with Gasteiger partial charge in [-0.25, -0.2) is 4.79 Å². The van der Waals surface area contributed by atoms with Crippen LogP contribution in [0.2, 0.25) is 5.02 Å². The normalized spacial score (nSPS) is 15.5. The van der Waals surface area contributed by atoms with Gasteiger partial charge >= 0.3 is 5.97 Å². The monoisotopic (exact) mass is 594 g/mol. The maximum absolute atomic E-state index is 13.2. The minimum absolute atomic E-state index is 0.0655. The van der Waals surface area contributed by atoms with Crippen LogP contribution in [-0.2, 0) is 11.3 Å². The quantitative estimate of drug-likeness (QED) is 0.156. The minimum Gasteiger partial charge on any atom is -0.488 e. The number of ether oxygens (including phenoxy) is 2. The summed E-state index contributed by atoms with van der Waals surface area (Å²) in [5.41, 5.74) is 8.06. The van der Waals surface area contributed by atoms with E-state index < -0.39 is 18.5 Å². The first-order valence-electron chi connectivity index (χ1n) is 13.4. The molecule has 1 amide bonds. The number of nitrogens with zero attached hydrogens (tertiary/aromatic N) is 2. The Morgan fingerprint density at radius 3 is 2.57 bits per heavy atom. The third kappa shape index (κ3) is 8.12. The number of hydrogen-bond donors (Lipinski definition) is 5. The molecule has 1 heterocycles. The number of para-hydroxylation sites is 1. The predicted octanol–water partition coefficient (Wildman–Crippen LogP) is 3.58. The number of benzene rings is 3. The molecule has 1 saturated heterocycles. The second kappa shape index (κ2) is 14.0. The molecule has 0 aliphatic carbocycles. The van der Waals surface area contributed by atoms with Crippen molar-refractivity contribution in [3.63, 3.8) is 0 Å². The second-order valence-corrected chi connectivity index (χ2v) is 10.6. The van der Waals surface area contributed by atoms with Crippen LogP contribution >= 0.6 is 11.6 Å². The van der Waals surface area contributed by atoms with Crippen LogP contribution in [-0.4, -0.2) is 85.6 Å². The molecule has 1 fully saturated rings.